The van der Waals surface area contributed by atoms with E-state index < -0.39 is 16.7 Å². The van der Waals surface area contributed by atoms with Crippen LogP contribution in [-0.2, 0) is 4.84 Å². The Morgan fingerprint density at radius 2 is 1.69 bits per heavy atom. The van der Waals surface area contributed by atoms with Crippen molar-refractivity contribution < 1.29 is 24.3 Å². The minimum atomic E-state index is -0.721. The minimum absolute atomic E-state index is 0.0289. The number of hydrogen-bond donors (Lipinski definition) is 0. The molecule has 10 heteroatoms. The zero-order chi connectivity index (χ0) is 20.9. The van der Waals surface area contributed by atoms with Crippen molar-refractivity contribution in [1.29, 1.82) is 0 Å². The zero-order valence-electron chi connectivity index (χ0n) is 14.8. The summed E-state index contributed by atoms with van der Waals surface area (Å²) < 4.78 is 0.196. The number of benzene rings is 3. The number of halogens is 1. The van der Waals surface area contributed by atoms with Crippen LogP contribution in [0.3, 0.4) is 0 Å². The lowest BCUT2D eigenvalue weighted by molar-refractivity contribution is -0.736. The second kappa shape index (κ2) is 6.74. The molecule has 0 spiro atoms. The number of carbonyl (C=O) groups is 2. The fourth-order valence-corrected chi connectivity index (χ4v) is 3.92. The van der Waals surface area contributed by atoms with Crippen molar-refractivity contribution in [1.82, 2.24) is 0 Å². The monoisotopic (exact) mass is 456 g/mol. The summed E-state index contributed by atoms with van der Waals surface area (Å²) >= 11 is 3.21. The second-order valence-electron chi connectivity index (χ2n) is 6.15. The lowest BCUT2D eigenvalue weighted by Crippen LogP contribution is -2.40. The van der Waals surface area contributed by atoms with Gasteiger partial charge in [-0.2, -0.15) is 0 Å². The Bertz CT molecular complexity index is 1260. The Kier molecular flexibility index (Phi) is 4.35. The van der Waals surface area contributed by atoms with Gasteiger partial charge in [0.25, 0.3) is 22.4 Å². The molecule has 0 fully saturated rings. The average molecular weight is 457 g/mol. The molecule has 1 heterocycles. The van der Waals surface area contributed by atoms with Gasteiger partial charge in [-0.1, -0.05) is 18.2 Å². The molecule has 3 aromatic carbocycles. The second-order valence-corrected chi connectivity index (χ2v) is 6.94. The van der Waals surface area contributed by atoms with E-state index in [2.05, 4.69) is 20.8 Å². The molecule has 0 bridgehead atoms. The van der Waals surface area contributed by atoms with Crippen LogP contribution in [0.15, 0.2) is 53.0 Å². The van der Waals surface area contributed by atoms with E-state index in [1.165, 1.54) is 31.4 Å². The summed E-state index contributed by atoms with van der Waals surface area (Å²) in [6.07, 6.45) is 0. The van der Waals surface area contributed by atoms with Gasteiger partial charge >= 0.3 is 5.69 Å². The minimum Gasteiger partial charge on any atom is -0.268 e. The molecule has 0 radical (unpaired) electrons. The van der Waals surface area contributed by atoms with Crippen LogP contribution >= 0.6 is 15.9 Å². The van der Waals surface area contributed by atoms with Gasteiger partial charge in [0.2, 0.25) is 0 Å². The number of nitrogens with zero attached hydrogens (tertiary/aromatic N) is 3. The van der Waals surface area contributed by atoms with Crippen LogP contribution < -0.4 is 4.90 Å². The van der Waals surface area contributed by atoms with E-state index in [1.807, 2.05) is 0 Å². The Morgan fingerprint density at radius 1 is 1.00 bits per heavy atom. The van der Waals surface area contributed by atoms with Crippen molar-refractivity contribution in [3.05, 3.63) is 79.2 Å². The van der Waals surface area contributed by atoms with Crippen molar-refractivity contribution in [2.75, 3.05) is 12.0 Å². The predicted octanol–water partition coefficient (Wildman–Crippen LogP) is 4.28. The molecule has 3 aromatic rings. The van der Waals surface area contributed by atoms with Crippen LogP contribution in [0.2, 0.25) is 0 Å². The van der Waals surface area contributed by atoms with Crippen molar-refractivity contribution in [2.45, 2.75) is 0 Å². The maximum atomic E-state index is 13.2. The SMILES string of the molecule is CO[N+](=O)c1cccc(N2C(=O)c3cccc4c(Br)c([N+](=O)[O-])cc(c34)C2=O)c1. The number of imide groups is 1. The Labute approximate surface area is 171 Å². The maximum absolute atomic E-state index is 13.2. The van der Waals surface area contributed by atoms with E-state index >= 15 is 0 Å². The van der Waals surface area contributed by atoms with E-state index in [-0.39, 0.29) is 37.6 Å². The highest BCUT2D eigenvalue weighted by molar-refractivity contribution is 9.10. The molecule has 0 unspecified atom stereocenters. The predicted molar refractivity (Wildman–Crippen MR) is 106 cm³/mol. The normalized spacial score (nSPS) is 13.0. The number of nitro groups is 1. The summed E-state index contributed by atoms with van der Waals surface area (Å²) in [6, 6.07) is 11.6. The highest BCUT2D eigenvalue weighted by Crippen LogP contribution is 2.41. The Morgan fingerprint density at radius 3 is 2.38 bits per heavy atom. The number of rotatable bonds is 4. The molecular weight excluding hydrogens is 446 g/mol. The molecule has 9 nitrogen and oxygen atoms in total. The topological polar surface area (TPSA) is 110 Å². The lowest BCUT2D eigenvalue weighted by atomic mass is 9.93. The third-order valence-electron chi connectivity index (χ3n) is 4.60. The van der Waals surface area contributed by atoms with E-state index in [4.69, 9.17) is 0 Å². The standard InChI is InChI=1S/C19H11BrN3O6/c1-29-23(28)11-5-2-4-10(8-11)21-18(24)13-7-3-6-12-16(13)14(19(21)25)9-15(17(12)20)22(26)27/h2-9H,1H3/q+1. The van der Waals surface area contributed by atoms with Crippen LogP contribution in [0.5, 0.6) is 0 Å². The summed E-state index contributed by atoms with van der Waals surface area (Å²) in [6.45, 7) is 0. The van der Waals surface area contributed by atoms with E-state index in [0.717, 1.165) is 11.0 Å². The van der Waals surface area contributed by atoms with Crippen molar-refractivity contribution in [3.63, 3.8) is 0 Å². The number of anilines is 1. The summed E-state index contributed by atoms with van der Waals surface area (Å²) in [7, 11) is 1.19. The Hall–Kier alpha value is -3.66. The first-order valence-corrected chi connectivity index (χ1v) is 9.04. The summed E-state index contributed by atoms with van der Waals surface area (Å²) in [5, 5.41) is 12.2. The maximum Gasteiger partial charge on any atom is 0.318 e. The molecule has 0 N–H and O–H groups in total. The highest BCUT2D eigenvalue weighted by atomic mass is 79.9. The zero-order valence-corrected chi connectivity index (χ0v) is 16.4. The molecule has 0 aromatic heterocycles. The molecule has 0 saturated heterocycles. The highest BCUT2D eigenvalue weighted by Gasteiger charge is 2.37. The molecule has 0 atom stereocenters. The quantitative estimate of drug-likeness (QED) is 0.329. The van der Waals surface area contributed by atoms with E-state index in [0.29, 0.717) is 10.8 Å². The van der Waals surface area contributed by atoms with Gasteiger partial charge in [-0.15, -0.1) is 0 Å². The molecular formula is C19H11BrN3O6+. The average Bonchev–Trinajstić information content (AvgIpc) is 2.72. The van der Waals surface area contributed by atoms with E-state index in [9.17, 15) is 24.6 Å². The third-order valence-corrected chi connectivity index (χ3v) is 5.44. The fraction of sp³-hybridized carbons (Fsp3) is 0.0526. The number of nitro benzene ring substituents is 1. The number of hydrogen-bond acceptors (Lipinski definition) is 6. The fourth-order valence-electron chi connectivity index (χ4n) is 3.33. The van der Waals surface area contributed by atoms with Crippen molar-refractivity contribution >= 4 is 55.6 Å². The molecule has 1 aliphatic rings. The molecule has 144 valence electrons. The van der Waals surface area contributed by atoms with Crippen LogP contribution in [0, 0.1) is 15.0 Å². The number of carbonyl (C=O) groups excluding carboxylic acids is 2. The summed E-state index contributed by atoms with van der Waals surface area (Å²) in [5.74, 6) is -1.32. The van der Waals surface area contributed by atoms with Crippen LogP contribution in [0.4, 0.5) is 17.1 Å². The van der Waals surface area contributed by atoms with Gasteiger partial charge in [-0.25, -0.2) is 9.74 Å². The first kappa shape index (κ1) is 18.7. The summed E-state index contributed by atoms with van der Waals surface area (Å²) in [5.41, 5.74) is 0.191. The molecule has 4 rings (SSSR count). The molecule has 0 saturated carbocycles. The first-order valence-electron chi connectivity index (χ1n) is 8.25. The molecule has 29 heavy (non-hydrogen) atoms. The largest absolute Gasteiger partial charge is 0.318 e. The molecule has 1 aliphatic heterocycles. The van der Waals surface area contributed by atoms with Crippen LogP contribution in [0.25, 0.3) is 10.8 Å². The molecule has 2 amide bonds. The van der Waals surface area contributed by atoms with Gasteiger partial charge in [-0.3, -0.25) is 19.7 Å². The van der Waals surface area contributed by atoms with Gasteiger partial charge in [-0.05, 0) is 28.1 Å². The van der Waals surface area contributed by atoms with Gasteiger partial charge in [0.15, 0.2) is 7.11 Å². The van der Waals surface area contributed by atoms with E-state index in [1.54, 1.807) is 18.2 Å². The third kappa shape index (κ3) is 2.76. The van der Waals surface area contributed by atoms with Crippen LogP contribution in [-0.4, -0.2) is 28.8 Å². The van der Waals surface area contributed by atoms with Gasteiger partial charge in [0.05, 0.1) is 21.1 Å². The Balaban J connectivity index is 1.97. The summed E-state index contributed by atoms with van der Waals surface area (Å²) in [4.78, 5) is 54.6. The number of amides is 2. The van der Waals surface area contributed by atoms with Gasteiger partial charge < -0.3 is 0 Å². The van der Waals surface area contributed by atoms with Gasteiger partial charge in [0.1, 0.15) is 4.47 Å². The van der Waals surface area contributed by atoms with Crippen molar-refractivity contribution in [2.24, 2.45) is 0 Å². The smallest absolute Gasteiger partial charge is 0.268 e. The lowest BCUT2D eigenvalue weighted by Gasteiger charge is -2.27. The molecule has 0 aliphatic carbocycles. The van der Waals surface area contributed by atoms with Crippen molar-refractivity contribution in [3.8, 4) is 0 Å². The first-order chi connectivity index (χ1) is 13.8. The van der Waals surface area contributed by atoms with Gasteiger partial charge in [0, 0.05) is 34.5 Å². The van der Waals surface area contributed by atoms with Crippen LogP contribution in [0.1, 0.15) is 20.7 Å².